The van der Waals surface area contributed by atoms with Crippen LogP contribution in [0.5, 0.6) is 0 Å². The van der Waals surface area contributed by atoms with Crippen molar-refractivity contribution in [1.29, 1.82) is 0 Å². The third-order valence-electron chi connectivity index (χ3n) is 3.48. The smallest absolute Gasteiger partial charge is 0.126 e. The maximum Gasteiger partial charge on any atom is 0.126 e. The Balaban J connectivity index is 1.95. The molecule has 1 aromatic carbocycles. The van der Waals surface area contributed by atoms with Gasteiger partial charge in [-0.1, -0.05) is 6.92 Å². The van der Waals surface area contributed by atoms with Crippen LogP contribution in [-0.2, 0) is 6.42 Å². The molecule has 2 atom stereocenters. The van der Waals surface area contributed by atoms with Gasteiger partial charge in [0.25, 0.3) is 0 Å². The lowest BCUT2D eigenvalue weighted by Crippen LogP contribution is -2.34. The monoisotopic (exact) mass is 239 g/mol. The summed E-state index contributed by atoms with van der Waals surface area (Å²) < 4.78 is 26.5. The average molecular weight is 239 g/mol. The highest BCUT2D eigenvalue weighted by atomic mass is 19.1. The fourth-order valence-electron chi connectivity index (χ4n) is 2.01. The Bertz CT molecular complexity index is 388. The van der Waals surface area contributed by atoms with Crippen molar-refractivity contribution >= 4 is 0 Å². The van der Waals surface area contributed by atoms with Crippen LogP contribution in [-0.4, -0.2) is 12.1 Å². The lowest BCUT2D eigenvalue weighted by molar-refractivity contribution is 0.390. The molecule has 1 aliphatic rings. The molecule has 0 radical (unpaired) electrons. The van der Waals surface area contributed by atoms with E-state index in [0.29, 0.717) is 30.0 Å². The van der Waals surface area contributed by atoms with Gasteiger partial charge in [-0.05, 0) is 55.9 Å². The summed E-state index contributed by atoms with van der Waals surface area (Å²) in [7, 11) is 0. The second-order valence-electron chi connectivity index (χ2n) is 5.15. The van der Waals surface area contributed by atoms with Gasteiger partial charge in [-0.25, -0.2) is 8.78 Å². The molecule has 94 valence electrons. The van der Waals surface area contributed by atoms with Crippen LogP contribution in [0.4, 0.5) is 8.78 Å². The molecule has 1 aliphatic carbocycles. The maximum atomic E-state index is 13.5. The van der Waals surface area contributed by atoms with Gasteiger partial charge in [0.15, 0.2) is 0 Å². The highest BCUT2D eigenvalue weighted by Gasteiger charge is 2.25. The third kappa shape index (κ3) is 3.50. The van der Waals surface area contributed by atoms with Crippen molar-refractivity contribution in [2.24, 2.45) is 5.92 Å². The van der Waals surface area contributed by atoms with Crippen LogP contribution in [0.25, 0.3) is 0 Å². The minimum Gasteiger partial charge on any atom is -0.311 e. The lowest BCUT2D eigenvalue weighted by atomic mass is 9.94. The molecule has 0 bridgehead atoms. The lowest BCUT2D eigenvalue weighted by Gasteiger charge is -2.21. The SMILES string of the molecule is CC(Cc1cc(F)ccc1F)C(C)NC1CC1. The number of hydrogen-bond donors (Lipinski definition) is 1. The van der Waals surface area contributed by atoms with E-state index in [0.717, 1.165) is 6.07 Å². The Morgan fingerprint density at radius 1 is 1.29 bits per heavy atom. The Morgan fingerprint density at radius 2 is 2.00 bits per heavy atom. The van der Waals surface area contributed by atoms with Crippen LogP contribution in [0.15, 0.2) is 18.2 Å². The van der Waals surface area contributed by atoms with Crippen LogP contribution in [0.2, 0.25) is 0 Å². The molecule has 1 aromatic rings. The minimum absolute atomic E-state index is 0.298. The van der Waals surface area contributed by atoms with E-state index in [1.165, 1.54) is 25.0 Å². The number of halogens is 2. The van der Waals surface area contributed by atoms with Crippen molar-refractivity contribution in [2.45, 2.75) is 45.2 Å². The molecule has 0 saturated heterocycles. The van der Waals surface area contributed by atoms with E-state index in [1.807, 2.05) is 0 Å². The van der Waals surface area contributed by atoms with Crippen LogP contribution in [0.1, 0.15) is 32.3 Å². The van der Waals surface area contributed by atoms with Gasteiger partial charge in [0.2, 0.25) is 0 Å². The van der Waals surface area contributed by atoms with Gasteiger partial charge in [0.1, 0.15) is 11.6 Å². The highest BCUT2D eigenvalue weighted by Crippen LogP contribution is 2.22. The minimum atomic E-state index is -0.364. The zero-order valence-electron chi connectivity index (χ0n) is 10.3. The summed E-state index contributed by atoms with van der Waals surface area (Å²) >= 11 is 0. The molecule has 1 N–H and O–H groups in total. The summed E-state index contributed by atoms with van der Waals surface area (Å²) in [4.78, 5) is 0. The summed E-state index contributed by atoms with van der Waals surface area (Å²) in [5, 5.41) is 3.49. The van der Waals surface area contributed by atoms with Gasteiger partial charge in [0, 0.05) is 12.1 Å². The van der Waals surface area contributed by atoms with Gasteiger partial charge >= 0.3 is 0 Å². The van der Waals surface area contributed by atoms with Crippen molar-refractivity contribution in [3.63, 3.8) is 0 Å². The van der Waals surface area contributed by atoms with Crippen LogP contribution in [0.3, 0.4) is 0 Å². The molecule has 1 fully saturated rings. The van der Waals surface area contributed by atoms with Gasteiger partial charge in [-0.3, -0.25) is 0 Å². The first kappa shape index (κ1) is 12.5. The summed E-state index contributed by atoms with van der Waals surface area (Å²) in [5.74, 6) is -0.375. The highest BCUT2D eigenvalue weighted by molar-refractivity contribution is 5.19. The number of benzene rings is 1. The van der Waals surface area contributed by atoms with Crippen LogP contribution < -0.4 is 5.32 Å². The van der Waals surface area contributed by atoms with Gasteiger partial charge in [-0.2, -0.15) is 0 Å². The van der Waals surface area contributed by atoms with Crippen molar-refractivity contribution in [3.05, 3.63) is 35.4 Å². The molecule has 1 saturated carbocycles. The molecule has 0 heterocycles. The average Bonchev–Trinajstić information content (AvgIpc) is 3.07. The standard InChI is InChI=1S/C14H19F2N/c1-9(10(2)17-13-4-5-13)7-11-8-12(15)3-6-14(11)16/h3,6,8-10,13,17H,4-5,7H2,1-2H3. The van der Waals surface area contributed by atoms with E-state index in [2.05, 4.69) is 19.2 Å². The molecular weight excluding hydrogens is 220 g/mol. The van der Waals surface area contributed by atoms with Gasteiger partial charge < -0.3 is 5.32 Å². The van der Waals surface area contributed by atoms with Gasteiger partial charge in [0.05, 0.1) is 0 Å². The Hall–Kier alpha value is -0.960. The predicted octanol–water partition coefficient (Wildman–Crippen LogP) is 3.28. The molecule has 17 heavy (non-hydrogen) atoms. The molecule has 0 amide bonds. The van der Waals surface area contributed by atoms with E-state index >= 15 is 0 Å². The van der Waals surface area contributed by atoms with E-state index in [9.17, 15) is 8.78 Å². The van der Waals surface area contributed by atoms with Gasteiger partial charge in [-0.15, -0.1) is 0 Å². The number of hydrogen-bond acceptors (Lipinski definition) is 1. The van der Waals surface area contributed by atoms with E-state index in [4.69, 9.17) is 0 Å². The molecule has 1 nitrogen and oxygen atoms in total. The molecule has 0 aliphatic heterocycles. The van der Waals surface area contributed by atoms with E-state index in [-0.39, 0.29) is 11.6 Å². The molecule has 3 heteroatoms. The molecule has 2 rings (SSSR count). The topological polar surface area (TPSA) is 12.0 Å². The maximum absolute atomic E-state index is 13.5. The second-order valence-corrected chi connectivity index (χ2v) is 5.15. The van der Waals surface area contributed by atoms with Crippen molar-refractivity contribution < 1.29 is 8.78 Å². The first-order chi connectivity index (χ1) is 8.06. The van der Waals surface area contributed by atoms with E-state index < -0.39 is 0 Å². The zero-order chi connectivity index (χ0) is 12.4. The van der Waals surface area contributed by atoms with Crippen molar-refractivity contribution in [2.75, 3.05) is 0 Å². The first-order valence-corrected chi connectivity index (χ1v) is 6.26. The predicted molar refractivity (Wildman–Crippen MR) is 64.8 cm³/mol. The fourth-order valence-corrected chi connectivity index (χ4v) is 2.01. The number of nitrogens with one attached hydrogen (secondary N) is 1. The summed E-state index contributed by atoms with van der Waals surface area (Å²) in [6.45, 7) is 4.19. The first-order valence-electron chi connectivity index (χ1n) is 6.26. The Labute approximate surface area is 101 Å². The fraction of sp³-hybridized carbons (Fsp3) is 0.571. The third-order valence-corrected chi connectivity index (χ3v) is 3.48. The normalized spacial score (nSPS) is 19.1. The molecular formula is C14H19F2N. The van der Waals surface area contributed by atoms with Crippen LogP contribution >= 0.6 is 0 Å². The second kappa shape index (κ2) is 5.13. The zero-order valence-corrected chi connectivity index (χ0v) is 10.3. The molecule has 2 unspecified atom stereocenters. The number of rotatable bonds is 5. The largest absolute Gasteiger partial charge is 0.311 e. The summed E-state index contributed by atoms with van der Waals surface area (Å²) in [6, 6.07) is 4.65. The Kier molecular flexibility index (Phi) is 3.77. The summed E-state index contributed by atoms with van der Waals surface area (Å²) in [6.07, 6.45) is 3.06. The quantitative estimate of drug-likeness (QED) is 0.831. The van der Waals surface area contributed by atoms with Crippen molar-refractivity contribution in [1.82, 2.24) is 5.32 Å². The summed E-state index contributed by atoms with van der Waals surface area (Å²) in [5.41, 5.74) is 0.474. The van der Waals surface area contributed by atoms with Crippen molar-refractivity contribution in [3.8, 4) is 0 Å². The molecule has 0 spiro atoms. The molecule has 0 aromatic heterocycles. The van der Waals surface area contributed by atoms with E-state index in [1.54, 1.807) is 0 Å². The van der Waals surface area contributed by atoms with Crippen LogP contribution in [0, 0.1) is 17.6 Å². The Morgan fingerprint density at radius 3 is 2.65 bits per heavy atom.